The third kappa shape index (κ3) is 18.0. The van der Waals surface area contributed by atoms with E-state index in [2.05, 4.69) is 6.07 Å². The van der Waals surface area contributed by atoms with Crippen LogP contribution in [0, 0.1) is 6.07 Å². The Hall–Kier alpha value is -8.04. The van der Waals surface area contributed by atoms with Crippen LogP contribution in [0.15, 0.2) is 146 Å². The average Bonchev–Trinajstić information content (AvgIpc) is 3.40. The fraction of sp³-hybridized carbons (Fsp3) is 0.214. The molecule has 11 nitrogen and oxygen atoms in total. The first kappa shape index (κ1) is 60.8. The SMILES string of the molecule is Nc1ccc(-c2cc[c-]cc2COC(=O)/C=C/c2ccc(OC(=O)c3ccc(OCCCC(F)(F)C(F)(F)F)cc3)cc2)c(COC(=O)/C=C/c2ccc(OC(=O)c3ccc(OCCCC(F)(F)C(F)(F)F)cc3)cc2)c1.[V]. The van der Waals surface area contributed by atoms with Crippen molar-refractivity contribution >= 4 is 41.7 Å². The Morgan fingerprint density at radius 3 is 1.32 bits per heavy atom. The predicted octanol–water partition coefficient (Wildman–Crippen LogP) is 13.4. The number of nitrogens with two attached hydrogens (primary N) is 1. The molecular formula is C56H44F10NO10V-. The molecule has 0 saturated carbocycles. The quantitative estimate of drug-likeness (QED) is 0.0124. The van der Waals surface area contributed by atoms with Gasteiger partial charge in [-0.15, -0.1) is 11.1 Å². The molecule has 6 rings (SSSR count). The first-order chi connectivity index (χ1) is 36.5. The van der Waals surface area contributed by atoms with Gasteiger partial charge in [0.05, 0.1) is 30.9 Å². The molecule has 2 N–H and O–H groups in total. The average molecular weight is 1130 g/mol. The molecule has 0 atom stereocenters. The van der Waals surface area contributed by atoms with Crippen LogP contribution in [0.2, 0.25) is 0 Å². The van der Waals surface area contributed by atoms with Crippen LogP contribution in [0.1, 0.15) is 68.7 Å². The molecule has 0 spiro atoms. The Morgan fingerprint density at radius 2 is 0.897 bits per heavy atom. The maximum absolute atomic E-state index is 13.1. The number of ether oxygens (including phenoxy) is 6. The number of alkyl halides is 10. The van der Waals surface area contributed by atoms with Crippen LogP contribution in [0.3, 0.4) is 0 Å². The Balaban J connectivity index is 0.0000112. The summed E-state index contributed by atoms with van der Waals surface area (Å²) in [5.41, 5.74) is 10.2. The molecular weight excluding hydrogens is 1090 g/mol. The monoisotopic (exact) mass is 1130 g/mol. The Bertz CT molecular complexity index is 3040. The van der Waals surface area contributed by atoms with Gasteiger partial charge in [-0.3, -0.25) is 0 Å². The summed E-state index contributed by atoms with van der Waals surface area (Å²) in [4.78, 5) is 51.0. The van der Waals surface area contributed by atoms with Crippen LogP contribution in [0.4, 0.5) is 49.6 Å². The van der Waals surface area contributed by atoms with Gasteiger partial charge in [0.1, 0.15) is 29.6 Å². The van der Waals surface area contributed by atoms with Crippen molar-refractivity contribution in [1.29, 1.82) is 0 Å². The van der Waals surface area contributed by atoms with E-state index < -0.39 is 87.0 Å². The van der Waals surface area contributed by atoms with Crippen molar-refractivity contribution in [3.63, 3.8) is 0 Å². The summed E-state index contributed by atoms with van der Waals surface area (Å²) in [5.74, 6) is -11.9. The third-order valence-electron chi connectivity index (χ3n) is 10.9. The van der Waals surface area contributed by atoms with Crippen LogP contribution >= 0.6 is 0 Å². The van der Waals surface area contributed by atoms with Gasteiger partial charge in [0.2, 0.25) is 0 Å². The van der Waals surface area contributed by atoms with Crippen molar-refractivity contribution in [2.75, 3.05) is 18.9 Å². The molecule has 22 heteroatoms. The van der Waals surface area contributed by atoms with E-state index in [0.717, 1.165) is 0 Å². The number of esters is 4. The van der Waals surface area contributed by atoms with Crippen LogP contribution in [-0.2, 0) is 50.8 Å². The molecule has 78 heavy (non-hydrogen) atoms. The second-order valence-corrected chi connectivity index (χ2v) is 16.7. The first-order valence-corrected chi connectivity index (χ1v) is 23.0. The maximum Gasteiger partial charge on any atom is 0.453 e. The van der Waals surface area contributed by atoms with Gasteiger partial charge < -0.3 is 34.2 Å². The summed E-state index contributed by atoms with van der Waals surface area (Å²) < 4.78 is 159. The van der Waals surface area contributed by atoms with E-state index in [1.54, 1.807) is 60.7 Å². The molecule has 0 aromatic heterocycles. The molecule has 0 amide bonds. The van der Waals surface area contributed by atoms with Crippen LogP contribution in [-0.4, -0.2) is 61.3 Å². The molecule has 0 aliphatic rings. The van der Waals surface area contributed by atoms with Gasteiger partial charge in [0.25, 0.3) is 0 Å². The minimum absolute atomic E-state index is 0. The Kier molecular flexibility index (Phi) is 21.3. The number of halogens is 10. The molecule has 0 fully saturated rings. The second kappa shape index (κ2) is 27.3. The predicted molar refractivity (Wildman–Crippen MR) is 260 cm³/mol. The van der Waals surface area contributed by atoms with Crippen molar-refractivity contribution in [2.45, 2.75) is 63.1 Å². The van der Waals surface area contributed by atoms with Crippen molar-refractivity contribution < 1.29 is 110 Å². The van der Waals surface area contributed by atoms with E-state index >= 15 is 0 Å². The topological polar surface area (TPSA) is 150 Å². The summed E-state index contributed by atoms with van der Waals surface area (Å²) in [6, 6.07) is 36.0. The van der Waals surface area contributed by atoms with Gasteiger partial charge in [0.15, 0.2) is 0 Å². The van der Waals surface area contributed by atoms with Crippen LogP contribution < -0.4 is 24.7 Å². The number of carbonyl (C=O) groups is 4. The van der Waals surface area contributed by atoms with E-state index in [-0.39, 0.29) is 65.9 Å². The van der Waals surface area contributed by atoms with Crippen molar-refractivity contribution in [3.8, 4) is 34.1 Å². The Morgan fingerprint density at radius 1 is 0.500 bits per heavy atom. The molecule has 1 radical (unpaired) electrons. The van der Waals surface area contributed by atoms with E-state index in [1.807, 2.05) is 0 Å². The molecule has 409 valence electrons. The molecule has 0 aliphatic heterocycles. The van der Waals surface area contributed by atoms with Crippen LogP contribution in [0.5, 0.6) is 23.0 Å². The molecule has 0 bridgehead atoms. The number of hydrogen-bond donors (Lipinski definition) is 1. The number of carbonyl (C=O) groups excluding carboxylic acids is 4. The smallest absolute Gasteiger partial charge is 0.453 e. The van der Waals surface area contributed by atoms with Gasteiger partial charge in [-0.2, -0.15) is 68.2 Å². The van der Waals surface area contributed by atoms with Crippen molar-refractivity contribution in [1.82, 2.24) is 0 Å². The molecule has 6 aromatic rings. The number of anilines is 1. The number of rotatable bonds is 23. The second-order valence-electron chi connectivity index (χ2n) is 16.7. The largest absolute Gasteiger partial charge is 0.494 e. The number of nitrogen functional groups attached to an aromatic ring is 1. The van der Waals surface area contributed by atoms with E-state index in [0.29, 0.717) is 39.1 Å². The van der Waals surface area contributed by atoms with Gasteiger partial charge in [-0.05, 0) is 132 Å². The zero-order chi connectivity index (χ0) is 55.8. The fourth-order valence-electron chi connectivity index (χ4n) is 6.82. The van der Waals surface area contributed by atoms with E-state index in [1.165, 1.54) is 97.1 Å². The molecule has 0 unspecified atom stereocenters. The zero-order valence-electron chi connectivity index (χ0n) is 40.6. The van der Waals surface area contributed by atoms with Gasteiger partial charge in [-0.25, -0.2) is 19.2 Å². The summed E-state index contributed by atoms with van der Waals surface area (Å²) in [5, 5.41) is 0. The van der Waals surface area contributed by atoms with Gasteiger partial charge in [0, 0.05) is 49.2 Å². The molecule has 0 aliphatic carbocycles. The minimum Gasteiger partial charge on any atom is -0.494 e. The summed E-state index contributed by atoms with van der Waals surface area (Å²) in [7, 11) is 0. The molecule has 0 saturated heterocycles. The maximum atomic E-state index is 13.1. The first-order valence-electron chi connectivity index (χ1n) is 23.0. The van der Waals surface area contributed by atoms with E-state index in [4.69, 9.17) is 34.2 Å². The zero-order valence-corrected chi connectivity index (χ0v) is 42.0. The van der Waals surface area contributed by atoms with Crippen molar-refractivity contribution in [2.24, 2.45) is 0 Å². The molecule has 0 heterocycles. The summed E-state index contributed by atoms with van der Waals surface area (Å²) >= 11 is 0. The van der Waals surface area contributed by atoms with Gasteiger partial charge in [-0.1, -0.05) is 30.3 Å². The third-order valence-corrected chi connectivity index (χ3v) is 10.9. The van der Waals surface area contributed by atoms with E-state index in [9.17, 15) is 63.1 Å². The number of benzene rings is 6. The van der Waals surface area contributed by atoms with Crippen LogP contribution in [0.25, 0.3) is 23.3 Å². The summed E-state index contributed by atoms with van der Waals surface area (Å²) in [6.45, 7) is -1.16. The number of hydrogen-bond acceptors (Lipinski definition) is 11. The van der Waals surface area contributed by atoms with Crippen molar-refractivity contribution in [3.05, 3.63) is 185 Å². The summed E-state index contributed by atoms with van der Waals surface area (Å²) in [6.07, 6.45) is -9.92. The Labute approximate surface area is 451 Å². The minimum atomic E-state index is -5.65. The molecule has 6 aromatic carbocycles. The standard InChI is InChI=1S/C56H44F10NO10.V/c57-53(58,55(61,62)63)29-3-31-72-43-22-13-38(14-23-43)51(70)76-45-18-7-36(8-19-45)11-27-49(68)74-34-40-5-1-2-6-47(40)48-26-17-42(67)33-41(48)35-75-50(69)28-12-37-9-20-46(21-10-37)77-52(71)39-15-24-44(25-16-39)73-32-4-30-54(59,60)56(64,65)66;/h2,5-28,33H,3-4,29-32,34-35,67H2;/q-1;/b27-11+,28-12+;. The fourth-order valence-corrected chi connectivity index (χ4v) is 6.82. The normalized spacial score (nSPS) is 11.9. The van der Waals surface area contributed by atoms with Gasteiger partial charge >= 0.3 is 48.1 Å².